The molecule has 0 aliphatic heterocycles. The highest BCUT2D eigenvalue weighted by Crippen LogP contribution is 2.09. The fourth-order valence-electron chi connectivity index (χ4n) is 2.13. The lowest BCUT2D eigenvalue weighted by Gasteiger charge is -2.20. The van der Waals surface area contributed by atoms with Gasteiger partial charge in [-0.2, -0.15) is 0 Å². The van der Waals surface area contributed by atoms with E-state index in [1.165, 1.54) is 38.5 Å². The van der Waals surface area contributed by atoms with Gasteiger partial charge in [-0.3, -0.25) is 4.79 Å². The highest BCUT2D eigenvalue weighted by molar-refractivity contribution is 5.76. The molecule has 0 aliphatic carbocycles. The van der Waals surface area contributed by atoms with Gasteiger partial charge in [0.15, 0.2) is 0 Å². The quantitative estimate of drug-likeness (QED) is 0.544. The topological polar surface area (TPSA) is 46.3 Å². The molecule has 0 unspecified atom stereocenters. The van der Waals surface area contributed by atoms with E-state index in [-0.39, 0.29) is 0 Å². The molecule has 2 N–H and O–H groups in total. The van der Waals surface area contributed by atoms with E-state index >= 15 is 0 Å². The van der Waals surface area contributed by atoms with Gasteiger partial charge in [-0.1, -0.05) is 45.4 Å². The molecule has 0 fully saturated rings. The number of hydrogen-bond donors (Lipinski definition) is 1. The highest BCUT2D eigenvalue weighted by Gasteiger charge is 2.09. The molecule has 0 bridgehead atoms. The van der Waals surface area contributed by atoms with Gasteiger partial charge in [0.05, 0.1) is 0 Å². The van der Waals surface area contributed by atoms with Crippen LogP contribution >= 0.6 is 0 Å². The Bertz CT molecular complexity index is 195. The normalized spacial score (nSPS) is 10.6. The second kappa shape index (κ2) is 12.9. The number of nitrogens with zero attached hydrogens (tertiary/aromatic N) is 1. The number of rotatable bonds is 12. The average molecular weight is 256 g/mol. The summed E-state index contributed by atoms with van der Waals surface area (Å²) in [5, 5.41) is 0. The van der Waals surface area contributed by atoms with Gasteiger partial charge in [0.1, 0.15) is 0 Å². The predicted molar refractivity (Wildman–Crippen MR) is 78.5 cm³/mol. The summed E-state index contributed by atoms with van der Waals surface area (Å²) in [4.78, 5) is 13.8. The van der Waals surface area contributed by atoms with E-state index < -0.39 is 0 Å². The van der Waals surface area contributed by atoms with Crippen LogP contribution in [0.4, 0.5) is 0 Å². The van der Waals surface area contributed by atoms with Crippen molar-refractivity contribution in [1.29, 1.82) is 0 Å². The molecule has 0 heterocycles. The summed E-state index contributed by atoms with van der Waals surface area (Å²) in [5.74, 6) is 0.305. The fraction of sp³-hybridized carbons (Fsp3) is 0.933. The van der Waals surface area contributed by atoms with Crippen molar-refractivity contribution < 1.29 is 4.79 Å². The molecule has 0 saturated heterocycles. The van der Waals surface area contributed by atoms with Crippen molar-refractivity contribution in [3.05, 3.63) is 0 Å². The molecule has 0 aromatic rings. The molecular weight excluding hydrogens is 224 g/mol. The number of carbonyl (C=O) groups excluding carboxylic acids is 1. The van der Waals surface area contributed by atoms with E-state index in [1.54, 1.807) is 0 Å². The summed E-state index contributed by atoms with van der Waals surface area (Å²) in [5.41, 5.74) is 5.47. The molecule has 0 aromatic heterocycles. The molecule has 0 spiro atoms. The average Bonchev–Trinajstić information content (AvgIpc) is 2.38. The molecule has 0 aromatic carbocycles. The summed E-state index contributed by atoms with van der Waals surface area (Å²) in [6.45, 7) is 6.58. The Balaban J connectivity index is 3.49. The maximum absolute atomic E-state index is 11.9. The third kappa shape index (κ3) is 9.46. The van der Waals surface area contributed by atoms with Crippen molar-refractivity contribution >= 4 is 5.91 Å². The third-order valence-electron chi connectivity index (χ3n) is 3.36. The second-order valence-electron chi connectivity index (χ2n) is 4.99. The van der Waals surface area contributed by atoms with E-state index in [2.05, 4.69) is 6.92 Å². The molecule has 0 saturated carbocycles. The molecule has 0 radical (unpaired) electrons. The molecule has 0 aliphatic rings. The van der Waals surface area contributed by atoms with Crippen LogP contribution in [-0.2, 0) is 4.79 Å². The largest absolute Gasteiger partial charge is 0.343 e. The number of carbonyl (C=O) groups is 1. The van der Waals surface area contributed by atoms with Crippen LogP contribution in [0.25, 0.3) is 0 Å². The van der Waals surface area contributed by atoms with Crippen molar-refractivity contribution in [2.45, 2.75) is 71.6 Å². The van der Waals surface area contributed by atoms with Gasteiger partial charge in [0, 0.05) is 19.5 Å². The van der Waals surface area contributed by atoms with Gasteiger partial charge in [-0.15, -0.1) is 0 Å². The minimum absolute atomic E-state index is 0.305. The smallest absolute Gasteiger partial charge is 0.222 e. The predicted octanol–water partition coefficient (Wildman–Crippen LogP) is 3.32. The monoisotopic (exact) mass is 256 g/mol. The Morgan fingerprint density at radius 3 is 2.11 bits per heavy atom. The summed E-state index contributed by atoms with van der Waals surface area (Å²) in [6.07, 6.45) is 10.5. The first-order valence-electron chi connectivity index (χ1n) is 7.74. The highest BCUT2D eigenvalue weighted by atomic mass is 16.2. The maximum atomic E-state index is 11.9. The first kappa shape index (κ1) is 17.4. The zero-order chi connectivity index (χ0) is 13.6. The third-order valence-corrected chi connectivity index (χ3v) is 3.36. The van der Waals surface area contributed by atoms with Crippen LogP contribution in [0.15, 0.2) is 0 Å². The van der Waals surface area contributed by atoms with E-state index in [1.807, 2.05) is 11.8 Å². The van der Waals surface area contributed by atoms with E-state index in [0.29, 0.717) is 18.9 Å². The number of nitrogens with two attached hydrogens (primary N) is 1. The van der Waals surface area contributed by atoms with Gasteiger partial charge in [0.25, 0.3) is 0 Å². The lowest BCUT2D eigenvalue weighted by molar-refractivity contribution is -0.131. The van der Waals surface area contributed by atoms with E-state index in [4.69, 9.17) is 5.73 Å². The Kier molecular flexibility index (Phi) is 12.5. The molecular formula is C15H32N2O. The Morgan fingerprint density at radius 1 is 0.944 bits per heavy atom. The second-order valence-corrected chi connectivity index (χ2v) is 4.99. The van der Waals surface area contributed by atoms with Crippen LogP contribution in [0, 0.1) is 0 Å². The van der Waals surface area contributed by atoms with Crippen LogP contribution in [0.1, 0.15) is 71.6 Å². The van der Waals surface area contributed by atoms with Crippen molar-refractivity contribution in [3.8, 4) is 0 Å². The Morgan fingerprint density at radius 2 is 1.56 bits per heavy atom. The molecule has 3 heteroatoms. The van der Waals surface area contributed by atoms with Crippen LogP contribution in [0.5, 0.6) is 0 Å². The van der Waals surface area contributed by atoms with E-state index in [0.717, 1.165) is 25.9 Å². The first-order chi connectivity index (χ1) is 8.76. The Hall–Kier alpha value is -0.570. The number of hydrogen-bond acceptors (Lipinski definition) is 2. The first-order valence-corrected chi connectivity index (χ1v) is 7.74. The van der Waals surface area contributed by atoms with Crippen LogP contribution < -0.4 is 5.73 Å². The summed E-state index contributed by atoms with van der Waals surface area (Å²) in [7, 11) is 0. The minimum atomic E-state index is 0.305. The minimum Gasteiger partial charge on any atom is -0.343 e. The molecule has 108 valence electrons. The molecule has 1 amide bonds. The van der Waals surface area contributed by atoms with Crippen LogP contribution in [-0.4, -0.2) is 30.4 Å². The van der Waals surface area contributed by atoms with Gasteiger partial charge in [-0.25, -0.2) is 0 Å². The lowest BCUT2D eigenvalue weighted by atomic mass is 10.1. The summed E-state index contributed by atoms with van der Waals surface area (Å²) < 4.78 is 0. The number of unbranched alkanes of at least 4 members (excludes halogenated alkanes) is 6. The zero-order valence-electron chi connectivity index (χ0n) is 12.4. The van der Waals surface area contributed by atoms with Crippen molar-refractivity contribution in [1.82, 2.24) is 4.90 Å². The van der Waals surface area contributed by atoms with Crippen molar-refractivity contribution in [3.63, 3.8) is 0 Å². The fourth-order valence-corrected chi connectivity index (χ4v) is 2.13. The maximum Gasteiger partial charge on any atom is 0.222 e. The molecule has 3 nitrogen and oxygen atoms in total. The summed E-state index contributed by atoms with van der Waals surface area (Å²) >= 11 is 0. The number of amides is 1. The Labute approximate surface area is 113 Å². The SMILES string of the molecule is CCCCCCCCCC(=O)N(CC)CCCN. The summed E-state index contributed by atoms with van der Waals surface area (Å²) in [6, 6.07) is 0. The lowest BCUT2D eigenvalue weighted by Crippen LogP contribution is -2.32. The zero-order valence-corrected chi connectivity index (χ0v) is 12.4. The van der Waals surface area contributed by atoms with Gasteiger partial charge >= 0.3 is 0 Å². The van der Waals surface area contributed by atoms with Gasteiger partial charge in [-0.05, 0) is 26.3 Å². The van der Waals surface area contributed by atoms with E-state index in [9.17, 15) is 4.79 Å². The van der Waals surface area contributed by atoms with Crippen LogP contribution in [0.2, 0.25) is 0 Å². The van der Waals surface area contributed by atoms with Crippen molar-refractivity contribution in [2.75, 3.05) is 19.6 Å². The van der Waals surface area contributed by atoms with Gasteiger partial charge < -0.3 is 10.6 Å². The van der Waals surface area contributed by atoms with Crippen LogP contribution in [0.3, 0.4) is 0 Å². The van der Waals surface area contributed by atoms with Crippen molar-refractivity contribution in [2.24, 2.45) is 5.73 Å². The molecule has 0 atom stereocenters. The standard InChI is InChI=1S/C15H32N2O/c1-3-5-6-7-8-9-10-12-15(18)17(4-2)14-11-13-16/h3-14,16H2,1-2H3. The van der Waals surface area contributed by atoms with Gasteiger partial charge in [0.2, 0.25) is 5.91 Å². The molecule has 0 rings (SSSR count). The molecule has 18 heavy (non-hydrogen) atoms.